The van der Waals surface area contributed by atoms with E-state index in [1.807, 2.05) is 0 Å². The Morgan fingerprint density at radius 3 is 2.43 bits per heavy atom. The SMILES string of the molecule is O=C1CC2(C(=O)Nc3ccc(F)cc32)c2cnn(-c3ccc(C(F)(F)F)cc3)c2N1. The summed E-state index contributed by atoms with van der Waals surface area (Å²) in [5.41, 5.74) is -0.991. The summed E-state index contributed by atoms with van der Waals surface area (Å²) in [7, 11) is 0. The molecule has 2 aliphatic rings. The highest BCUT2D eigenvalue weighted by Gasteiger charge is 2.54. The molecule has 0 saturated carbocycles. The molecule has 6 nitrogen and oxygen atoms in total. The summed E-state index contributed by atoms with van der Waals surface area (Å²) in [5.74, 6) is -1.40. The number of hydrogen-bond acceptors (Lipinski definition) is 3. The molecule has 30 heavy (non-hydrogen) atoms. The quantitative estimate of drug-likeness (QED) is 0.595. The average Bonchev–Trinajstić information content (AvgIpc) is 3.22. The van der Waals surface area contributed by atoms with Gasteiger partial charge in [-0.2, -0.15) is 18.3 Å². The van der Waals surface area contributed by atoms with Gasteiger partial charge in [0.05, 0.1) is 17.4 Å². The molecule has 3 heterocycles. The van der Waals surface area contributed by atoms with E-state index in [4.69, 9.17) is 0 Å². The molecule has 2 N–H and O–H groups in total. The first-order valence-corrected chi connectivity index (χ1v) is 8.87. The molecule has 0 radical (unpaired) electrons. The van der Waals surface area contributed by atoms with Crippen molar-refractivity contribution in [2.24, 2.45) is 0 Å². The van der Waals surface area contributed by atoms with E-state index in [1.165, 1.54) is 41.2 Å². The molecule has 1 spiro atoms. The van der Waals surface area contributed by atoms with Gasteiger partial charge in [-0.1, -0.05) is 0 Å². The van der Waals surface area contributed by atoms with Gasteiger partial charge in [0.15, 0.2) is 0 Å². The van der Waals surface area contributed by atoms with Gasteiger partial charge in [-0.05, 0) is 48.0 Å². The third-order valence-electron chi connectivity index (χ3n) is 5.43. The van der Waals surface area contributed by atoms with Gasteiger partial charge in [-0.3, -0.25) is 9.59 Å². The lowest BCUT2D eigenvalue weighted by molar-refractivity contribution is -0.137. The van der Waals surface area contributed by atoms with Crippen molar-refractivity contribution in [3.05, 3.63) is 71.2 Å². The molecule has 2 aromatic carbocycles. The van der Waals surface area contributed by atoms with Crippen molar-refractivity contribution in [2.75, 3.05) is 10.6 Å². The summed E-state index contributed by atoms with van der Waals surface area (Å²) >= 11 is 0. The summed E-state index contributed by atoms with van der Waals surface area (Å²) in [6.45, 7) is 0. The lowest BCUT2D eigenvalue weighted by Crippen LogP contribution is -2.43. The number of rotatable bonds is 1. The third-order valence-corrected chi connectivity index (χ3v) is 5.43. The molecule has 5 rings (SSSR count). The van der Waals surface area contributed by atoms with Crippen molar-refractivity contribution >= 4 is 23.3 Å². The molecule has 1 unspecified atom stereocenters. The number of alkyl halides is 3. The van der Waals surface area contributed by atoms with Crippen LogP contribution in [0.15, 0.2) is 48.7 Å². The maximum Gasteiger partial charge on any atom is 0.416 e. The van der Waals surface area contributed by atoms with Crippen molar-refractivity contribution in [1.82, 2.24) is 9.78 Å². The standard InChI is InChI=1S/C20H12F4N4O2/c21-11-3-6-15-13(7-11)19(18(30)26-15)8-16(29)27-17-14(19)9-25-28(17)12-4-1-10(2-5-12)20(22,23)24/h1-7,9H,8H2,(H,26,30)(H,27,29). The van der Waals surface area contributed by atoms with E-state index in [9.17, 15) is 27.2 Å². The molecule has 0 aliphatic carbocycles. The Kier molecular flexibility index (Phi) is 3.61. The molecule has 2 amide bonds. The number of fused-ring (bicyclic) bond motifs is 4. The van der Waals surface area contributed by atoms with E-state index in [-0.39, 0.29) is 17.9 Å². The molecule has 1 aromatic heterocycles. The number of anilines is 2. The molecule has 2 aliphatic heterocycles. The van der Waals surface area contributed by atoms with Crippen LogP contribution in [-0.2, 0) is 21.2 Å². The molecule has 0 fully saturated rings. The van der Waals surface area contributed by atoms with Gasteiger partial charge in [0.25, 0.3) is 0 Å². The van der Waals surface area contributed by atoms with Crippen molar-refractivity contribution < 1.29 is 27.2 Å². The second-order valence-electron chi connectivity index (χ2n) is 7.14. The van der Waals surface area contributed by atoms with Crippen molar-refractivity contribution in [3.63, 3.8) is 0 Å². The lowest BCUT2D eigenvalue weighted by Gasteiger charge is -2.31. The zero-order valence-corrected chi connectivity index (χ0v) is 15.0. The summed E-state index contributed by atoms with van der Waals surface area (Å²) in [6.07, 6.45) is -3.37. The highest BCUT2D eigenvalue weighted by Crippen LogP contribution is 2.50. The molecular formula is C20H12F4N4O2. The fraction of sp³-hybridized carbons (Fsp3) is 0.150. The van der Waals surface area contributed by atoms with Crippen molar-refractivity contribution in [3.8, 4) is 5.69 Å². The van der Waals surface area contributed by atoms with Crippen LogP contribution in [0.1, 0.15) is 23.1 Å². The number of carbonyl (C=O) groups excluding carboxylic acids is 2. The highest BCUT2D eigenvalue weighted by atomic mass is 19.4. The number of aromatic nitrogens is 2. The molecule has 152 valence electrons. The van der Waals surface area contributed by atoms with E-state index < -0.39 is 34.8 Å². The second kappa shape index (κ2) is 5.91. The Morgan fingerprint density at radius 2 is 1.73 bits per heavy atom. The monoisotopic (exact) mass is 416 g/mol. The summed E-state index contributed by atoms with van der Waals surface area (Å²) in [4.78, 5) is 25.5. The minimum Gasteiger partial charge on any atom is -0.325 e. The van der Waals surface area contributed by atoms with Crippen molar-refractivity contribution in [2.45, 2.75) is 18.0 Å². The number of hydrogen-bond donors (Lipinski definition) is 2. The third kappa shape index (κ3) is 2.46. The Hall–Kier alpha value is -3.69. The molecule has 0 saturated heterocycles. The highest BCUT2D eigenvalue weighted by molar-refractivity contribution is 6.14. The summed E-state index contributed by atoms with van der Waals surface area (Å²) in [6, 6.07) is 8.05. The normalized spacial score (nSPS) is 20.0. The Bertz CT molecular complexity index is 1220. The smallest absolute Gasteiger partial charge is 0.325 e. The van der Waals surface area contributed by atoms with Crippen molar-refractivity contribution in [1.29, 1.82) is 0 Å². The van der Waals surface area contributed by atoms with Crippen LogP contribution >= 0.6 is 0 Å². The summed E-state index contributed by atoms with van der Waals surface area (Å²) < 4.78 is 53.7. The number of halogens is 4. The zero-order chi connectivity index (χ0) is 21.3. The first-order valence-electron chi connectivity index (χ1n) is 8.87. The van der Waals surface area contributed by atoms with Gasteiger partial charge in [-0.25, -0.2) is 9.07 Å². The Morgan fingerprint density at radius 1 is 1.00 bits per heavy atom. The van der Waals surface area contributed by atoms with E-state index in [0.29, 0.717) is 16.8 Å². The zero-order valence-electron chi connectivity index (χ0n) is 15.0. The minimum atomic E-state index is -4.49. The fourth-order valence-electron chi connectivity index (χ4n) is 4.05. The topological polar surface area (TPSA) is 76.0 Å². The van der Waals surface area contributed by atoms with E-state index in [0.717, 1.165) is 12.1 Å². The van der Waals surface area contributed by atoms with Gasteiger partial charge in [0.2, 0.25) is 11.8 Å². The number of carbonyl (C=O) groups is 2. The van der Waals surface area contributed by atoms with E-state index in [1.54, 1.807) is 0 Å². The van der Waals surface area contributed by atoms with Crippen LogP contribution in [0.2, 0.25) is 0 Å². The van der Waals surface area contributed by atoms with Crippen LogP contribution in [0, 0.1) is 5.82 Å². The van der Waals surface area contributed by atoms with Gasteiger partial charge < -0.3 is 10.6 Å². The second-order valence-corrected chi connectivity index (χ2v) is 7.14. The lowest BCUT2D eigenvalue weighted by atomic mass is 9.72. The van der Waals surface area contributed by atoms with Gasteiger partial charge >= 0.3 is 6.18 Å². The van der Waals surface area contributed by atoms with Gasteiger partial charge in [0.1, 0.15) is 17.1 Å². The first-order chi connectivity index (χ1) is 14.2. The largest absolute Gasteiger partial charge is 0.416 e. The number of benzene rings is 2. The Labute approximate surface area is 166 Å². The fourth-order valence-corrected chi connectivity index (χ4v) is 4.05. The van der Waals surface area contributed by atoms with Crippen LogP contribution in [-0.4, -0.2) is 21.6 Å². The predicted octanol–water partition coefficient (Wildman–Crippen LogP) is 3.61. The van der Waals surface area contributed by atoms with Gasteiger partial charge in [0, 0.05) is 17.7 Å². The average molecular weight is 416 g/mol. The number of nitrogens with zero attached hydrogens (tertiary/aromatic N) is 2. The molecule has 3 aromatic rings. The van der Waals surface area contributed by atoms with Crippen LogP contribution in [0.4, 0.5) is 29.1 Å². The predicted molar refractivity (Wildman–Crippen MR) is 97.6 cm³/mol. The van der Waals surface area contributed by atoms with Crippen LogP contribution < -0.4 is 10.6 Å². The molecule has 1 atom stereocenters. The molecule has 0 bridgehead atoms. The van der Waals surface area contributed by atoms with E-state index in [2.05, 4.69) is 15.7 Å². The van der Waals surface area contributed by atoms with E-state index >= 15 is 0 Å². The number of nitrogens with one attached hydrogen (secondary N) is 2. The maximum atomic E-state index is 14.0. The van der Waals surface area contributed by atoms with Gasteiger partial charge in [-0.15, -0.1) is 0 Å². The minimum absolute atomic E-state index is 0.151. The Balaban J connectivity index is 1.68. The first kappa shape index (κ1) is 18.3. The summed E-state index contributed by atoms with van der Waals surface area (Å²) in [5, 5.41) is 9.50. The van der Waals surface area contributed by atoms with Crippen LogP contribution in [0.25, 0.3) is 5.69 Å². The molecule has 10 heteroatoms. The maximum absolute atomic E-state index is 14.0. The molecular weight excluding hydrogens is 404 g/mol. The number of amides is 2. The van der Waals surface area contributed by atoms with Crippen LogP contribution in [0.5, 0.6) is 0 Å². The van der Waals surface area contributed by atoms with Crippen LogP contribution in [0.3, 0.4) is 0 Å².